The molecule has 0 fully saturated rings. The van der Waals surface area contributed by atoms with Gasteiger partial charge in [-0.15, -0.1) is 0 Å². The van der Waals surface area contributed by atoms with E-state index in [0.717, 1.165) is 26.7 Å². The Kier molecular flexibility index (Phi) is 5.94. The van der Waals surface area contributed by atoms with Gasteiger partial charge in [-0.2, -0.15) is 0 Å². The number of phenolic OH excluding ortho intramolecular Hbond substituents is 1. The van der Waals surface area contributed by atoms with Gasteiger partial charge in [0.2, 0.25) is 5.78 Å². The lowest BCUT2D eigenvalue weighted by molar-refractivity contribution is 0.0806. The van der Waals surface area contributed by atoms with Gasteiger partial charge in [0.25, 0.3) is 0 Å². The molecule has 4 heteroatoms. The van der Waals surface area contributed by atoms with Crippen molar-refractivity contribution in [2.75, 3.05) is 0 Å². The fourth-order valence-electron chi connectivity index (χ4n) is 4.57. The summed E-state index contributed by atoms with van der Waals surface area (Å²) in [6.45, 7) is 12.6. The predicted octanol–water partition coefficient (Wildman–Crippen LogP) is 7.53. The van der Waals surface area contributed by atoms with E-state index in [1.807, 2.05) is 48.5 Å². The van der Waals surface area contributed by atoms with Crippen molar-refractivity contribution in [1.29, 1.82) is 0 Å². The molecule has 0 spiro atoms. The number of ether oxygens (including phenoxy) is 1. The number of Topliss-reactive ketones (excluding diaryl/α,β-unsaturated/α-hetero) is 1. The van der Waals surface area contributed by atoms with Crippen LogP contribution in [0.2, 0.25) is 0 Å². The van der Waals surface area contributed by atoms with E-state index in [-0.39, 0.29) is 22.5 Å². The van der Waals surface area contributed by atoms with Crippen LogP contribution in [0.4, 0.5) is 0 Å². The topological polar surface area (TPSA) is 46.5 Å². The fourth-order valence-corrected chi connectivity index (χ4v) is 5.17. The van der Waals surface area contributed by atoms with Gasteiger partial charge in [0, 0.05) is 15.6 Å². The van der Waals surface area contributed by atoms with Crippen LogP contribution in [0.3, 0.4) is 0 Å². The molecule has 1 aliphatic rings. The van der Waals surface area contributed by atoms with Gasteiger partial charge in [-0.25, -0.2) is 0 Å². The first-order valence-electron chi connectivity index (χ1n) is 11.3. The predicted molar refractivity (Wildman–Crippen MR) is 137 cm³/mol. The molecule has 3 nitrogen and oxygen atoms in total. The van der Waals surface area contributed by atoms with Crippen LogP contribution >= 0.6 is 15.9 Å². The largest absolute Gasteiger partial charge is 0.507 e. The molecule has 4 rings (SSSR count). The molecule has 1 heterocycles. The highest BCUT2D eigenvalue weighted by atomic mass is 79.9. The zero-order valence-electron chi connectivity index (χ0n) is 20.1. The minimum Gasteiger partial charge on any atom is -0.507 e. The maximum Gasteiger partial charge on any atom is 0.204 e. The smallest absolute Gasteiger partial charge is 0.204 e. The van der Waals surface area contributed by atoms with Crippen molar-refractivity contribution in [3.63, 3.8) is 0 Å². The summed E-state index contributed by atoms with van der Waals surface area (Å²) in [4.78, 5) is 13.7. The number of benzene rings is 3. The number of fused-ring (bicyclic) bond motifs is 1. The fraction of sp³-hybridized carbons (Fsp3) is 0.345. The SMILES string of the molecule is CC(C)(C)c1cc([C@H]2c3c(Br)cccc3O[C@@H]2C(=O)c2ccccc2)cc(C(C)(C)C)c1O. The first-order valence-corrected chi connectivity index (χ1v) is 12.1. The number of halogens is 1. The molecule has 1 aliphatic heterocycles. The molecular formula is C29H31BrO3. The van der Waals surface area contributed by atoms with E-state index in [1.54, 1.807) is 0 Å². The van der Waals surface area contributed by atoms with Crippen molar-refractivity contribution in [2.24, 2.45) is 0 Å². The summed E-state index contributed by atoms with van der Waals surface area (Å²) < 4.78 is 7.22. The molecule has 33 heavy (non-hydrogen) atoms. The third-order valence-electron chi connectivity index (χ3n) is 6.30. The van der Waals surface area contributed by atoms with Crippen LogP contribution in [-0.4, -0.2) is 17.0 Å². The summed E-state index contributed by atoms with van der Waals surface area (Å²) in [6, 6.07) is 19.2. The molecule has 3 aromatic carbocycles. The molecule has 3 aromatic rings. The van der Waals surface area contributed by atoms with Gasteiger partial charge in [0.15, 0.2) is 6.10 Å². The number of phenols is 1. The van der Waals surface area contributed by atoms with Gasteiger partial charge in [-0.1, -0.05) is 106 Å². The lowest BCUT2D eigenvalue weighted by atomic mass is 9.75. The second kappa shape index (κ2) is 8.32. The Hall–Kier alpha value is -2.59. The normalized spacial score (nSPS) is 18.0. The van der Waals surface area contributed by atoms with Crippen molar-refractivity contribution in [1.82, 2.24) is 0 Å². The van der Waals surface area contributed by atoms with Gasteiger partial charge < -0.3 is 9.84 Å². The van der Waals surface area contributed by atoms with Crippen LogP contribution in [0.5, 0.6) is 11.5 Å². The van der Waals surface area contributed by atoms with E-state index in [1.165, 1.54) is 0 Å². The Morgan fingerprint density at radius 2 is 1.45 bits per heavy atom. The summed E-state index contributed by atoms with van der Waals surface area (Å²) in [6.07, 6.45) is -0.689. The van der Waals surface area contributed by atoms with Crippen LogP contribution in [-0.2, 0) is 10.8 Å². The minimum atomic E-state index is -0.689. The molecule has 172 valence electrons. The Labute approximate surface area is 204 Å². The first kappa shape index (κ1) is 23.6. The number of hydrogen-bond acceptors (Lipinski definition) is 3. The van der Waals surface area contributed by atoms with Gasteiger partial charge in [-0.3, -0.25) is 4.79 Å². The quantitative estimate of drug-likeness (QED) is 0.373. The summed E-state index contributed by atoms with van der Waals surface area (Å²) in [7, 11) is 0. The molecule has 0 saturated carbocycles. The first-order chi connectivity index (χ1) is 15.4. The molecule has 0 aliphatic carbocycles. The lowest BCUT2D eigenvalue weighted by Gasteiger charge is -2.30. The third kappa shape index (κ3) is 4.33. The molecule has 0 bridgehead atoms. The average Bonchev–Trinajstić information content (AvgIpc) is 3.13. The highest BCUT2D eigenvalue weighted by Gasteiger charge is 2.43. The Bertz CT molecular complexity index is 1160. The monoisotopic (exact) mass is 506 g/mol. The van der Waals surface area contributed by atoms with Crippen molar-refractivity contribution < 1.29 is 14.6 Å². The summed E-state index contributed by atoms with van der Waals surface area (Å²) in [5, 5.41) is 11.2. The maximum atomic E-state index is 13.7. The molecule has 0 unspecified atom stereocenters. The van der Waals surface area contributed by atoms with Crippen LogP contribution in [0.25, 0.3) is 0 Å². The zero-order chi connectivity index (χ0) is 24.1. The molecule has 0 saturated heterocycles. The van der Waals surface area contributed by atoms with Crippen molar-refractivity contribution in [3.05, 3.63) is 93.0 Å². The summed E-state index contributed by atoms with van der Waals surface area (Å²) in [5.74, 6) is 0.694. The van der Waals surface area contributed by atoms with Crippen molar-refractivity contribution >= 4 is 21.7 Å². The van der Waals surface area contributed by atoms with Gasteiger partial charge in [0.1, 0.15) is 11.5 Å². The highest BCUT2D eigenvalue weighted by molar-refractivity contribution is 9.10. The highest BCUT2D eigenvalue weighted by Crippen LogP contribution is 2.49. The third-order valence-corrected chi connectivity index (χ3v) is 7.00. The van der Waals surface area contributed by atoms with E-state index >= 15 is 0 Å². The summed E-state index contributed by atoms with van der Waals surface area (Å²) in [5.41, 5.74) is 3.78. The van der Waals surface area contributed by atoms with Crippen LogP contribution < -0.4 is 4.74 Å². The molecule has 0 aromatic heterocycles. The standard InChI is InChI=1S/C29H31BrO3/c1-28(2,3)19-15-18(16-20(26(19)32)29(4,5)6)23-24-21(30)13-10-14-22(24)33-27(23)25(31)17-11-8-7-9-12-17/h7-16,23,27,32H,1-6H3/t23-,27-/m0/s1. The molecule has 2 atom stereocenters. The number of carbonyl (C=O) groups excluding carboxylic acids is 1. The number of carbonyl (C=O) groups is 1. The van der Waals surface area contributed by atoms with E-state index in [0.29, 0.717) is 17.1 Å². The Morgan fingerprint density at radius 3 is 2.00 bits per heavy atom. The number of hydrogen-bond donors (Lipinski definition) is 1. The molecule has 0 radical (unpaired) electrons. The zero-order valence-corrected chi connectivity index (χ0v) is 21.7. The van der Waals surface area contributed by atoms with Gasteiger partial charge in [0.05, 0.1) is 5.92 Å². The molecule has 0 amide bonds. The van der Waals surface area contributed by atoms with E-state index in [2.05, 4.69) is 69.6 Å². The summed E-state index contributed by atoms with van der Waals surface area (Å²) >= 11 is 3.71. The van der Waals surface area contributed by atoms with Gasteiger partial charge >= 0.3 is 0 Å². The second-order valence-electron chi connectivity index (χ2n) is 10.9. The van der Waals surface area contributed by atoms with Crippen molar-refractivity contribution in [3.8, 4) is 11.5 Å². The van der Waals surface area contributed by atoms with E-state index < -0.39 is 6.10 Å². The number of rotatable bonds is 3. The van der Waals surface area contributed by atoms with Gasteiger partial charge in [-0.05, 0) is 39.7 Å². The van der Waals surface area contributed by atoms with E-state index in [4.69, 9.17) is 4.74 Å². The molecule has 1 N–H and O–H groups in total. The van der Waals surface area contributed by atoms with Crippen LogP contribution in [0.15, 0.2) is 65.1 Å². The Balaban J connectivity index is 1.97. The lowest BCUT2D eigenvalue weighted by Crippen LogP contribution is -2.30. The van der Waals surface area contributed by atoms with Crippen LogP contribution in [0.1, 0.15) is 80.1 Å². The van der Waals surface area contributed by atoms with Crippen LogP contribution in [0, 0.1) is 0 Å². The van der Waals surface area contributed by atoms with Crippen molar-refractivity contribution in [2.45, 2.75) is 64.4 Å². The maximum absolute atomic E-state index is 13.7. The Morgan fingerprint density at radius 1 is 0.879 bits per heavy atom. The number of ketones is 1. The van der Waals surface area contributed by atoms with E-state index in [9.17, 15) is 9.90 Å². The average molecular weight is 507 g/mol. The second-order valence-corrected chi connectivity index (χ2v) is 11.7. The number of aromatic hydroxyl groups is 1. The minimum absolute atomic E-state index is 0.0496. The molecular weight excluding hydrogens is 476 g/mol.